The van der Waals surface area contributed by atoms with E-state index in [9.17, 15) is 9.59 Å². The van der Waals surface area contributed by atoms with Gasteiger partial charge in [0.25, 0.3) is 8.32 Å². The normalized spacial score (nSPS) is 27.1. The Kier molecular flexibility index (Phi) is 8.78. The summed E-state index contributed by atoms with van der Waals surface area (Å²) >= 11 is 1.85. The smallest absolute Gasteiger partial charge is 0.410 e. The van der Waals surface area contributed by atoms with Gasteiger partial charge in [-0.3, -0.25) is 4.79 Å². The number of amides is 1. The number of fused-ring (bicyclic) bond motifs is 2. The van der Waals surface area contributed by atoms with Gasteiger partial charge in [-0.25, -0.2) is 4.79 Å². The largest absolute Gasteiger partial charge is 0.444 e. The molecule has 0 radical (unpaired) electrons. The molecule has 3 aliphatic rings. The van der Waals surface area contributed by atoms with Gasteiger partial charge < -0.3 is 14.1 Å². The summed E-state index contributed by atoms with van der Waals surface area (Å²) in [6, 6.07) is 21.4. The topological polar surface area (TPSA) is 55.8 Å². The highest BCUT2D eigenvalue weighted by Crippen LogP contribution is 2.64. The lowest BCUT2D eigenvalue weighted by molar-refractivity contribution is -0.127. The summed E-state index contributed by atoms with van der Waals surface area (Å²) in [6.45, 7) is 17.7. The molecule has 1 aliphatic heterocycles. The number of thioether (sulfide) groups is 1. The standard InChI is InChI=1S/C36H51NO4SSi/c1-33(2,3)40-32(39)37-23-28(22-27(37)24-42-25-36-20-19-26(21-31(36)38)35(36,7)8)41-43(34(4,5)6,29-15-11-9-12-16-29)30-17-13-10-14-18-30/h9-18,26-28H,19-25H2,1-8H3/t26?,27-,28+,36+/m0/s1. The lowest BCUT2D eigenvalue weighted by Gasteiger charge is -2.44. The highest BCUT2D eigenvalue weighted by molar-refractivity contribution is 7.99. The van der Waals surface area contributed by atoms with Crippen LogP contribution in [-0.4, -0.2) is 60.9 Å². The number of benzene rings is 2. The molecule has 1 saturated heterocycles. The van der Waals surface area contributed by atoms with Crippen molar-refractivity contribution >= 4 is 42.3 Å². The maximum absolute atomic E-state index is 13.6. The Morgan fingerprint density at radius 1 is 0.977 bits per heavy atom. The first-order valence-corrected chi connectivity index (χ1v) is 19.1. The second-order valence-corrected chi connectivity index (χ2v) is 20.9. The zero-order chi connectivity index (χ0) is 31.3. The number of likely N-dealkylation sites (tertiary alicyclic amines) is 1. The van der Waals surface area contributed by atoms with E-state index in [0.717, 1.165) is 37.2 Å². The average Bonchev–Trinajstić information content (AvgIpc) is 3.50. The molecule has 0 spiro atoms. The fraction of sp³-hybridized carbons (Fsp3) is 0.611. The number of hydrogen-bond donors (Lipinski definition) is 0. The van der Waals surface area contributed by atoms with Crippen molar-refractivity contribution in [3.8, 4) is 0 Å². The zero-order valence-electron chi connectivity index (χ0n) is 27.4. The Morgan fingerprint density at radius 3 is 2.02 bits per heavy atom. The van der Waals surface area contributed by atoms with E-state index in [1.807, 2.05) is 37.4 Å². The van der Waals surface area contributed by atoms with Crippen LogP contribution in [0, 0.1) is 16.7 Å². The molecule has 5 nitrogen and oxygen atoms in total. The van der Waals surface area contributed by atoms with Crippen molar-refractivity contribution in [1.82, 2.24) is 4.90 Å². The Balaban J connectivity index is 1.42. The molecule has 2 bridgehead atoms. The van der Waals surface area contributed by atoms with E-state index in [1.54, 1.807) is 0 Å². The van der Waals surface area contributed by atoms with Crippen LogP contribution in [0.25, 0.3) is 0 Å². The number of carbonyl (C=O) groups excluding carboxylic acids is 2. The lowest BCUT2D eigenvalue weighted by Crippen LogP contribution is -2.67. The van der Waals surface area contributed by atoms with Gasteiger partial charge in [0, 0.05) is 35.9 Å². The third-order valence-electron chi connectivity index (χ3n) is 10.6. The van der Waals surface area contributed by atoms with Gasteiger partial charge in [0.15, 0.2) is 0 Å². The number of Topliss-reactive ketones (excluding diaryl/α,β-unsaturated/α-hetero) is 1. The third kappa shape index (κ3) is 5.86. The molecule has 3 fully saturated rings. The molecule has 4 atom stereocenters. The third-order valence-corrected chi connectivity index (χ3v) is 17.0. The Morgan fingerprint density at radius 2 is 1.56 bits per heavy atom. The van der Waals surface area contributed by atoms with Crippen molar-refractivity contribution in [3.05, 3.63) is 60.7 Å². The molecular formula is C36H51NO4SSi. The van der Waals surface area contributed by atoms with Crippen LogP contribution in [0.1, 0.15) is 81.1 Å². The summed E-state index contributed by atoms with van der Waals surface area (Å²) in [4.78, 5) is 28.7. The second-order valence-electron chi connectivity index (χ2n) is 15.6. The highest BCUT2D eigenvalue weighted by Gasteiger charge is 2.63. The quantitative estimate of drug-likeness (QED) is 0.295. The maximum Gasteiger partial charge on any atom is 0.410 e. The van der Waals surface area contributed by atoms with Crippen molar-refractivity contribution in [2.24, 2.45) is 16.7 Å². The maximum atomic E-state index is 13.6. The van der Waals surface area contributed by atoms with Crippen LogP contribution in [0.2, 0.25) is 5.04 Å². The fourth-order valence-electron chi connectivity index (χ4n) is 8.08. The molecule has 1 amide bonds. The first kappa shape index (κ1) is 32.3. The summed E-state index contributed by atoms with van der Waals surface area (Å²) in [6.07, 6.45) is 3.24. The van der Waals surface area contributed by atoms with E-state index >= 15 is 0 Å². The predicted octanol–water partition coefficient (Wildman–Crippen LogP) is 7.07. The van der Waals surface area contributed by atoms with E-state index in [1.165, 1.54) is 10.4 Å². The van der Waals surface area contributed by atoms with E-state index in [4.69, 9.17) is 9.16 Å². The van der Waals surface area contributed by atoms with E-state index < -0.39 is 13.9 Å². The van der Waals surface area contributed by atoms with Crippen LogP contribution < -0.4 is 10.4 Å². The first-order valence-electron chi connectivity index (χ1n) is 16.0. The van der Waals surface area contributed by atoms with Crippen molar-refractivity contribution in [2.45, 2.75) is 104 Å². The Bertz CT molecular complexity index is 1260. The zero-order valence-corrected chi connectivity index (χ0v) is 29.3. The van der Waals surface area contributed by atoms with Gasteiger partial charge in [-0.1, -0.05) is 95.3 Å². The Labute approximate surface area is 264 Å². The van der Waals surface area contributed by atoms with E-state index in [-0.39, 0.29) is 34.1 Å². The van der Waals surface area contributed by atoms with Crippen LogP contribution in [0.3, 0.4) is 0 Å². The molecular weight excluding hydrogens is 571 g/mol. The molecule has 1 unspecified atom stereocenters. The van der Waals surface area contributed by atoms with E-state index in [2.05, 4.69) is 95.3 Å². The fourth-order valence-corrected chi connectivity index (χ4v) is 14.5. The average molecular weight is 622 g/mol. The molecule has 2 saturated carbocycles. The van der Waals surface area contributed by atoms with Crippen molar-refractivity contribution < 1.29 is 18.8 Å². The molecule has 234 valence electrons. The van der Waals surface area contributed by atoms with Gasteiger partial charge in [-0.2, -0.15) is 11.8 Å². The minimum atomic E-state index is -2.78. The summed E-state index contributed by atoms with van der Waals surface area (Å²) in [7, 11) is -2.78. The molecule has 2 aromatic rings. The summed E-state index contributed by atoms with van der Waals surface area (Å²) < 4.78 is 13.4. The highest BCUT2D eigenvalue weighted by atomic mass is 32.2. The SMILES string of the molecule is CC(C)(C)OC(=O)N1C[C@H](O[Si](c2ccccc2)(c2ccccc2)C(C)(C)C)C[C@H]1CSC[C@]12CCC(CC1=O)C2(C)C. The van der Waals surface area contributed by atoms with Crippen molar-refractivity contribution in [3.63, 3.8) is 0 Å². The van der Waals surface area contributed by atoms with Crippen molar-refractivity contribution in [1.29, 1.82) is 0 Å². The van der Waals surface area contributed by atoms with Crippen LogP contribution in [-0.2, 0) is 14.0 Å². The molecule has 5 rings (SSSR count). The molecule has 1 heterocycles. The van der Waals surface area contributed by atoms with Gasteiger partial charge >= 0.3 is 6.09 Å². The van der Waals surface area contributed by atoms with Crippen LogP contribution in [0.15, 0.2) is 60.7 Å². The summed E-state index contributed by atoms with van der Waals surface area (Å²) in [5, 5.41) is 2.34. The molecule has 0 aromatic heterocycles. The van der Waals surface area contributed by atoms with Crippen LogP contribution in [0.5, 0.6) is 0 Å². The lowest BCUT2D eigenvalue weighted by atomic mass is 9.70. The van der Waals surface area contributed by atoms with E-state index in [0.29, 0.717) is 18.2 Å². The number of ketones is 1. The van der Waals surface area contributed by atoms with Crippen LogP contribution in [0.4, 0.5) is 4.79 Å². The van der Waals surface area contributed by atoms with Crippen LogP contribution >= 0.6 is 11.8 Å². The molecule has 2 aliphatic carbocycles. The number of nitrogens with zero attached hydrogens (tertiary/aromatic N) is 1. The number of hydrogen-bond acceptors (Lipinski definition) is 5. The number of ether oxygens (including phenoxy) is 1. The molecule has 2 aromatic carbocycles. The van der Waals surface area contributed by atoms with Gasteiger partial charge in [0.1, 0.15) is 11.4 Å². The molecule has 7 heteroatoms. The number of carbonyl (C=O) groups is 2. The summed E-state index contributed by atoms with van der Waals surface area (Å²) in [5.74, 6) is 2.56. The second kappa shape index (κ2) is 11.7. The minimum absolute atomic E-state index is 0.0173. The Hall–Kier alpha value is -2.09. The predicted molar refractivity (Wildman–Crippen MR) is 180 cm³/mol. The van der Waals surface area contributed by atoms with Gasteiger partial charge in [0.2, 0.25) is 0 Å². The number of rotatable bonds is 8. The van der Waals surface area contributed by atoms with Crippen molar-refractivity contribution in [2.75, 3.05) is 18.1 Å². The monoisotopic (exact) mass is 621 g/mol. The van der Waals surface area contributed by atoms with Gasteiger partial charge in [0.05, 0.1) is 6.10 Å². The minimum Gasteiger partial charge on any atom is -0.444 e. The molecule has 43 heavy (non-hydrogen) atoms. The van der Waals surface area contributed by atoms with Gasteiger partial charge in [-0.15, -0.1) is 0 Å². The van der Waals surface area contributed by atoms with Gasteiger partial charge in [-0.05, 0) is 66.8 Å². The first-order chi connectivity index (χ1) is 20.1. The summed E-state index contributed by atoms with van der Waals surface area (Å²) in [5.41, 5.74) is -0.765. The molecule has 0 N–H and O–H groups in total.